The number of fused-ring (bicyclic) bond motifs is 2. The number of nitrogens with two attached hydrogens (primary N) is 1. The number of anilines is 1. The molecule has 0 aromatic heterocycles. The van der Waals surface area contributed by atoms with Gasteiger partial charge in [-0.2, -0.15) is 0 Å². The van der Waals surface area contributed by atoms with Gasteiger partial charge >= 0.3 is 11.9 Å². The van der Waals surface area contributed by atoms with Gasteiger partial charge in [0.15, 0.2) is 5.92 Å². The highest BCUT2D eigenvalue weighted by Crippen LogP contribution is 2.26. The minimum absolute atomic E-state index is 0.181. The lowest BCUT2D eigenvalue weighted by Gasteiger charge is -2.21. The normalized spacial score (nSPS) is 12.2. The standard InChI is InChI=1S/C45H42N2O6/c1-2-12-39(45(51)53-38(28-42(46)48)25-31-21-22-32-15-6-7-16-33(32)24-31)44(50)52-29-36-19-10-11-20-41(36)47-43(49)40-27-35-18-9-8-17-34(35)26-37(40)23-30-13-4-3-5-14-30/h3-11,13-22,24,26-27,38-39H,2,12,23,25,28-29H2,1H3,(H2,46,48)(H,47,49)/t38-,39-/m0/s1. The third kappa shape index (κ3) is 9.54. The molecular weight excluding hydrogens is 665 g/mol. The SMILES string of the molecule is CCC[C@@H](C(=O)OCc1ccccc1NC(=O)c1cc2ccccc2cc1Cc1ccccc1)C(=O)O[C@H](CC(N)=O)Cc1ccc2ccccc2c1. The van der Waals surface area contributed by atoms with Crippen molar-refractivity contribution in [2.45, 2.75) is 51.7 Å². The van der Waals surface area contributed by atoms with Gasteiger partial charge in [0.25, 0.3) is 5.91 Å². The molecule has 53 heavy (non-hydrogen) atoms. The van der Waals surface area contributed by atoms with E-state index in [2.05, 4.69) is 5.32 Å². The quantitative estimate of drug-likeness (QED) is 0.0818. The molecule has 0 heterocycles. The fourth-order valence-electron chi connectivity index (χ4n) is 6.54. The van der Waals surface area contributed by atoms with E-state index in [1.807, 2.05) is 116 Å². The number of benzene rings is 6. The summed E-state index contributed by atoms with van der Waals surface area (Å²) in [6, 6.07) is 42.7. The molecule has 6 aromatic carbocycles. The van der Waals surface area contributed by atoms with Crippen molar-refractivity contribution in [3.63, 3.8) is 0 Å². The number of carbonyl (C=O) groups is 4. The Kier molecular flexibility index (Phi) is 11.9. The van der Waals surface area contributed by atoms with Gasteiger partial charge in [-0.05, 0) is 63.2 Å². The maximum Gasteiger partial charge on any atom is 0.320 e. The Morgan fingerprint density at radius 2 is 1.30 bits per heavy atom. The van der Waals surface area contributed by atoms with E-state index in [1.54, 1.807) is 24.3 Å². The molecule has 0 radical (unpaired) electrons. The summed E-state index contributed by atoms with van der Waals surface area (Å²) in [6.45, 7) is 1.67. The molecule has 2 atom stereocenters. The lowest BCUT2D eigenvalue weighted by Crippen LogP contribution is -2.34. The molecule has 0 bridgehead atoms. The third-order valence-corrected chi connectivity index (χ3v) is 9.22. The van der Waals surface area contributed by atoms with Crippen molar-refractivity contribution in [2.75, 3.05) is 5.32 Å². The lowest BCUT2D eigenvalue weighted by molar-refractivity contribution is -0.166. The Morgan fingerprint density at radius 3 is 2.02 bits per heavy atom. The number of ether oxygens (including phenoxy) is 2. The molecule has 0 saturated carbocycles. The molecular formula is C45H42N2O6. The van der Waals surface area contributed by atoms with Crippen LogP contribution in [0.3, 0.4) is 0 Å². The summed E-state index contributed by atoms with van der Waals surface area (Å²) in [5.74, 6) is -3.63. The van der Waals surface area contributed by atoms with Crippen LogP contribution in [0.25, 0.3) is 21.5 Å². The van der Waals surface area contributed by atoms with Crippen LogP contribution < -0.4 is 11.1 Å². The monoisotopic (exact) mass is 706 g/mol. The molecule has 0 aliphatic rings. The van der Waals surface area contributed by atoms with Gasteiger partial charge in [-0.1, -0.05) is 135 Å². The van der Waals surface area contributed by atoms with Crippen molar-refractivity contribution in [3.8, 4) is 0 Å². The molecule has 0 aliphatic carbocycles. The number of amides is 2. The first-order valence-corrected chi connectivity index (χ1v) is 17.9. The Labute approximate surface area is 308 Å². The van der Waals surface area contributed by atoms with E-state index in [-0.39, 0.29) is 31.8 Å². The molecule has 0 saturated heterocycles. The highest BCUT2D eigenvalue weighted by atomic mass is 16.6. The van der Waals surface area contributed by atoms with Crippen LogP contribution in [0.1, 0.15) is 58.8 Å². The smallest absolute Gasteiger partial charge is 0.320 e. The third-order valence-electron chi connectivity index (χ3n) is 9.22. The highest BCUT2D eigenvalue weighted by molar-refractivity contribution is 6.08. The van der Waals surface area contributed by atoms with E-state index in [0.29, 0.717) is 29.7 Å². The van der Waals surface area contributed by atoms with Crippen LogP contribution in [-0.2, 0) is 43.3 Å². The second-order valence-electron chi connectivity index (χ2n) is 13.2. The fourth-order valence-corrected chi connectivity index (χ4v) is 6.54. The van der Waals surface area contributed by atoms with Crippen molar-refractivity contribution >= 4 is 51.0 Å². The van der Waals surface area contributed by atoms with Crippen molar-refractivity contribution in [2.24, 2.45) is 11.7 Å². The molecule has 0 fully saturated rings. The van der Waals surface area contributed by atoms with Crippen LogP contribution in [0.2, 0.25) is 0 Å². The van der Waals surface area contributed by atoms with E-state index in [9.17, 15) is 19.2 Å². The summed E-state index contributed by atoms with van der Waals surface area (Å²) in [7, 11) is 0. The summed E-state index contributed by atoms with van der Waals surface area (Å²) in [4.78, 5) is 52.8. The predicted molar refractivity (Wildman–Crippen MR) is 207 cm³/mol. The van der Waals surface area contributed by atoms with Gasteiger partial charge in [0.1, 0.15) is 12.7 Å². The second kappa shape index (κ2) is 17.3. The summed E-state index contributed by atoms with van der Waals surface area (Å²) in [5, 5.41) is 7.10. The maximum atomic E-state index is 13.9. The first-order chi connectivity index (χ1) is 25.8. The van der Waals surface area contributed by atoms with Crippen LogP contribution in [0.4, 0.5) is 5.69 Å². The van der Waals surface area contributed by atoms with Gasteiger partial charge in [-0.3, -0.25) is 19.2 Å². The molecule has 3 N–H and O–H groups in total. The average molecular weight is 707 g/mol. The minimum atomic E-state index is -1.20. The van der Waals surface area contributed by atoms with Crippen molar-refractivity contribution < 1.29 is 28.7 Å². The van der Waals surface area contributed by atoms with Crippen LogP contribution in [-0.4, -0.2) is 29.9 Å². The van der Waals surface area contributed by atoms with E-state index in [4.69, 9.17) is 15.2 Å². The zero-order chi connectivity index (χ0) is 37.2. The van der Waals surface area contributed by atoms with Gasteiger partial charge in [-0.15, -0.1) is 0 Å². The van der Waals surface area contributed by atoms with Gasteiger partial charge in [0, 0.05) is 23.2 Å². The Bertz CT molecular complexity index is 2250. The Morgan fingerprint density at radius 1 is 0.660 bits per heavy atom. The fraction of sp³-hybridized carbons (Fsp3) is 0.200. The molecule has 0 unspecified atom stereocenters. The number of rotatable bonds is 15. The van der Waals surface area contributed by atoms with Crippen LogP contribution in [0.15, 0.2) is 133 Å². The number of carbonyl (C=O) groups excluding carboxylic acids is 4. The van der Waals surface area contributed by atoms with E-state index in [1.165, 1.54) is 0 Å². The van der Waals surface area contributed by atoms with E-state index < -0.39 is 29.9 Å². The van der Waals surface area contributed by atoms with Gasteiger partial charge in [0.05, 0.1) is 6.42 Å². The average Bonchev–Trinajstić information content (AvgIpc) is 3.16. The molecule has 8 heteroatoms. The number of hydrogen-bond donors (Lipinski definition) is 2. The van der Waals surface area contributed by atoms with Crippen LogP contribution in [0, 0.1) is 5.92 Å². The molecule has 6 aromatic rings. The van der Waals surface area contributed by atoms with Gasteiger partial charge in [0.2, 0.25) is 5.91 Å². The summed E-state index contributed by atoms with van der Waals surface area (Å²) in [6.07, 6.45) is 0.497. The van der Waals surface area contributed by atoms with Crippen molar-refractivity contribution in [3.05, 3.63) is 161 Å². The Hall–Kier alpha value is -6.28. The van der Waals surface area contributed by atoms with Gasteiger partial charge < -0.3 is 20.5 Å². The Balaban J connectivity index is 1.15. The lowest BCUT2D eigenvalue weighted by atomic mass is 9.95. The zero-order valence-corrected chi connectivity index (χ0v) is 29.6. The summed E-state index contributed by atoms with van der Waals surface area (Å²) in [5.41, 5.74) is 9.94. The van der Waals surface area contributed by atoms with E-state index in [0.717, 1.165) is 38.2 Å². The molecule has 0 aliphatic heterocycles. The van der Waals surface area contributed by atoms with Crippen molar-refractivity contribution in [1.82, 2.24) is 0 Å². The zero-order valence-electron chi connectivity index (χ0n) is 29.6. The maximum absolute atomic E-state index is 13.9. The molecule has 6 rings (SSSR count). The number of esters is 2. The molecule has 2 amide bonds. The van der Waals surface area contributed by atoms with Crippen LogP contribution in [0.5, 0.6) is 0 Å². The van der Waals surface area contributed by atoms with Crippen molar-refractivity contribution in [1.29, 1.82) is 0 Å². The summed E-state index contributed by atoms with van der Waals surface area (Å²) >= 11 is 0. The molecule has 8 nitrogen and oxygen atoms in total. The molecule has 268 valence electrons. The highest BCUT2D eigenvalue weighted by Gasteiger charge is 2.32. The molecule has 0 spiro atoms. The number of nitrogens with one attached hydrogen (secondary N) is 1. The first kappa shape index (κ1) is 36.5. The predicted octanol–water partition coefficient (Wildman–Crippen LogP) is 8.33. The number of primary amides is 1. The summed E-state index contributed by atoms with van der Waals surface area (Å²) < 4.78 is 11.5. The van der Waals surface area contributed by atoms with Gasteiger partial charge in [-0.25, -0.2) is 0 Å². The topological polar surface area (TPSA) is 125 Å². The number of hydrogen-bond acceptors (Lipinski definition) is 6. The number of para-hydroxylation sites is 1. The van der Waals surface area contributed by atoms with Crippen LogP contribution >= 0.6 is 0 Å². The minimum Gasteiger partial charge on any atom is -0.461 e. The van der Waals surface area contributed by atoms with E-state index >= 15 is 0 Å². The second-order valence-corrected chi connectivity index (χ2v) is 13.2. The largest absolute Gasteiger partial charge is 0.461 e. The first-order valence-electron chi connectivity index (χ1n) is 17.9.